The molecule has 0 unspecified atom stereocenters. The summed E-state index contributed by atoms with van der Waals surface area (Å²) in [5, 5.41) is 0. The number of hydrogen-bond acceptors (Lipinski definition) is 0. The fraction of sp³-hybridized carbons (Fsp3) is 0. The molecule has 123 valence electrons. The normalized spacial score (nSPS) is 13.0. The third kappa shape index (κ3) is 23.9. The zero-order valence-electron chi connectivity index (χ0n) is 12.8. The van der Waals surface area contributed by atoms with Crippen LogP contribution in [0.5, 0.6) is 0 Å². The van der Waals surface area contributed by atoms with Gasteiger partial charge in [-0.3, -0.25) is 6.58 Å². The molecule has 0 saturated heterocycles. The van der Waals surface area contributed by atoms with E-state index in [0.29, 0.717) is 0 Å². The summed E-state index contributed by atoms with van der Waals surface area (Å²) in [7, 11) is 0. The molecule has 0 bridgehead atoms. The van der Waals surface area contributed by atoms with E-state index in [2.05, 4.69) is 13.3 Å². The van der Waals surface area contributed by atoms with Gasteiger partial charge >= 0.3 is 61.6 Å². The van der Waals surface area contributed by atoms with Gasteiger partial charge in [-0.2, -0.15) is 5.56 Å². The minimum atomic E-state index is 0. The molecule has 11 radical (unpaired) electrons. The fourth-order valence-electron chi connectivity index (χ4n) is 1.21. The van der Waals surface area contributed by atoms with Crippen molar-refractivity contribution in [3.05, 3.63) is 120 Å². The molecule has 1 aromatic carbocycles. The second kappa shape index (κ2) is 30.6. The molecule has 24 heavy (non-hydrogen) atoms. The van der Waals surface area contributed by atoms with Crippen LogP contribution in [0, 0.1) is 84.1 Å². The van der Waals surface area contributed by atoms with Crippen LogP contribution in [0.4, 0.5) is 0 Å². The van der Waals surface area contributed by atoms with Crippen LogP contribution in [0.15, 0.2) is 30.3 Å². The van der Waals surface area contributed by atoms with E-state index in [1.807, 2.05) is 94.5 Å². The van der Waals surface area contributed by atoms with Gasteiger partial charge in [0.1, 0.15) is 0 Å². The van der Waals surface area contributed by atoms with Crippen molar-refractivity contribution in [1.29, 1.82) is 0 Å². The molecule has 0 N–H and O–H groups in total. The van der Waals surface area contributed by atoms with Gasteiger partial charge in [-0.05, 0) is 64.2 Å². The molecule has 0 aromatic heterocycles. The summed E-state index contributed by atoms with van der Waals surface area (Å²) in [5.74, 6) is 0. The molecule has 1 aromatic rings. The van der Waals surface area contributed by atoms with E-state index in [9.17, 15) is 0 Å². The minimum Gasteiger partial charge on any atom is -0.292 e. The molecule has 2 aliphatic carbocycles. The van der Waals surface area contributed by atoms with Crippen molar-refractivity contribution in [1.82, 2.24) is 0 Å². The smallest absolute Gasteiger partial charge is 0.292 e. The van der Waals surface area contributed by atoms with Gasteiger partial charge in [0.25, 0.3) is 0 Å². The Morgan fingerprint density at radius 1 is 0.625 bits per heavy atom. The molecule has 2 saturated carbocycles. The van der Waals surface area contributed by atoms with Crippen molar-refractivity contribution in [2.45, 2.75) is 0 Å². The van der Waals surface area contributed by atoms with Crippen LogP contribution in [-0.4, -0.2) is 0 Å². The zero-order valence-corrected chi connectivity index (χ0v) is 16.3. The van der Waals surface area contributed by atoms with Gasteiger partial charge in [0, 0.05) is 0 Å². The van der Waals surface area contributed by atoms with Gasteiger partial charge in [-0.15, -0.1) is 12.1 Å². The maximum Gasteiger partial charge on any atom is 2.00 e. The van der Waals surface area contributed by atoms with Gasteiger partial charge in [0.15, 0.2) is 0 Å². The van der Waals surface area contributed by atoms with Gasteiger partial charge in [-0.25, -0.2) is 6.08 Å². The summed E-state index contributed by atoms with van der Waals surface area (Å²) >= 11 is 0. The zero-order chi connectivity index (χ0) is 16.9. The Morgan fingerprint density at radius 2 is 0.875 bits per heavy atom. The van der Waals surface area contributed by atoms with Gasteiger partial charge < -0.3 is 0 Å². The summed E-state index contributed by atoms with van der Waals surface area (Å²) < 4.78 is 15.0. The average molecular weight is 491 g/mol. The minimum absolute atomic E-state index is 0. The van der Waals surface area contributed by atoms with Crippen LogP contribution in [0.3, 0.4) is 0 Å². The Bertz CT molecular complexity index is 336. The van der Waals surface area contributed by atoms with E-state index in [1.54, 1.807) is 6.08 Å². The molecular weight excluding hydrogens is 474 g/mol. The molecule has 0 heterocycles. The van der Waals surface area contributed by atoms with E-state index in [0.717, 1.165) is 5.56 Å². The Labute approximate surface area is 173 Å². The third-order valence-corrected chi connectivity index (χ3v) is 2.10. The monoisotopic (exact) mass is 493 g/mol. The van der Waals surface area contributed by atoms with Crippen LogP contribution in [0.1, 0.15) is 5.56 Å². The molecule has 0 aliphatic heterocycles. The number of hydrogen-bond donors (Lipinski definition) is 0. The van der Waals surface area contributed by atoms with Crippen molar-refractivity contribution in [3.63, 3.8) is 0 Å². The quantitative estimate of drug-likeness (QED) is 0.323. The molecule has 2 fully saturated rings. The first-order valence-electron chi connectivity index (χ1n) is 6.27. The van der Waals surface area contributed by atoms with Crippen LogP contribution in [0.2, 0.25) is 0 Å². The Morgan fingerprint density at radius 3 is 1.04 bits per heavy atom. The van der Waals surface area contributed by atoms with E-state index >= 15 is 0 Å². The van der Waals surface area contributed by atoms with Crippen molar-refractivity contribution in [2.24, 2.45) is 0 Å². The molecule has 2 aliphatic rings. The molecule has 0 atom stereocenters. The molecule has 3 rings (SSSR count). The molecule has 4 heteroatoms. The van der Waals surface area contributed by atoms with Crippen molar-refractivity contribution >= 4 is 6.08 Å². The fourth-order valence-corrected chi connectivity index (χ4v) is 1.21. The Balaban J connectivity index is -0.000000112. The number of rotatable bonds is 1. The first-order valence-corrected chi connectivity index (χ1v) is 6.27. The summed E-state index contributed by atoms with van der Waals surface area (Å²) in [4.78, 5) is 0. The van der Waals surface area contributed by atoms with Gasteiger partial charge in [-0.1, -0.05) is 18.2 Å². The average Bonchev–Trinajstić information content (AvgIpc) is 3.37. The van der Waals surface area contributed by atoms with Crippen molar-refractivity contribution in [2.75, 3.05) is 0 Å². The maximum absolute atomic E-state index is 7.50. The first-order chi connectivity index (χ1) is 10.9. The predicted molar refractivity (Wildman–Crippen MR) is 86.1 cm³/mol. The van der Waals surface area contributed by atoms with Crippen molar-refractivity contribution in [3.8, 4) is 0 Å². The number of benzene rings is 1. The summed E-state index contributed by atoms with van der Waals surface area (Å²) in [6.07, 6.45) is 21.6. The molecule has 0 spiro atoms. The van der Waals surface area contributed by atoms with Crippen LogP contribution >= 0.6 is 0 Å². The van der Waals surface area contributed by atoms with E-state index < -0.39 is 0 Å². The van der Waals surface area contributed by atoms with Crippen LogP contribution < -0.4 is 0 Å². The van der Waals surface area contributed by atoms with Gasteiger partial charge in [0.2, 0.25) is 0 Å². The van der Waals surface area contributed by atoms with Crippen LogP contribution in [-0.2, 0) is 48.3 Å². The topological polar surface area (TPSA) is 39.8 Å². The van der Waals surface area contributed by atoms with Crippen LogP contribution in [0.25, 0.3) is 6.08 Å². The van der Waals surface area contributed by atoms with Crippen molar-refractivity contribution < 1.29 is 48.3 Å². The molecule has 0 amide bonds. The third-order valence-electron chi connectivity index (χ3n) is 2.10. The largest absolute Gasteiger partial charge is 2.00 e. The SMILES string of the molecule is [C-]#[O+].[C-]#[O+].[CH-]=Cc1ccccc1.[CH]1[CH][CH][CH][CH]1.[CH]1[CH][CH][CH][CH]1.[Ru+2].[Ru+]. The Hall–Kier alpha value is -0.313. The standard InChI is InChI=1S/C8H7.2C5H5.2CO.2Ru/c1-2-8-6-4-3-5-7-8;2*1-2-4-5-3-1;2*1-2;;/h1-7H;2*1-5H;;;;/q-1;;;;;+1;+2. The molecular formula is C20H17O2Ru2+2. The Kier molecular flexibility index (Phi) is 40.0. The predicted octanol–water partition coefficient (Wildman–Crippen LogP) is 4.10. The summed E-state index contributed by atoms with van der Waals surface area (Å²) in [5.41, 5.74) is 1.06. The first kappa shape index (κ1) is 31.5. The summed E-state index contributed by atoms with van der Waals surface area (Å²) in [6, 6.07) is 9.80. The second-order valence-corrected chi connectivity index (χ2v) is 3.50. The van der Waals surface area contributed by atoms with Gasteiger partial charge in [0.05, 0.1) is 0 Å². The van der Waals surface area contributed by atoms with E-state index in [-0.39, 0.29) is 39.0 Å². The van der Waals surface area contributed by atoms with E-state index in [1.165, 1.54) is 0 Å². The summed E-state index contributed by atoms with van der Waals surface area (Å²) in [6.45, 7) is 14.2. The second-order valence-electron chi connectivity index (χ2n) is 3.50. The molecule has 2 nitrogen and oxygen atoms in total. The maximum atomic E-state index is 7.50. The van der Waals surface area contributed by atoms with E-state index in [4.69, 9.17) is 15.9 Å².